The molecule has 1 atom stereocenters. The van der Waals surface area contributed by atoms with Crippen LogP contribution in [0.5, 0.6) is 0 Å². The molecular formula is C12H24N2O2. The van der Waals surface area contributed by atoms with Crippen LogP contribution in [0.4, 0.5) is 0 Å². The zero-order chi connectivity index (χ0) is 12.0. The van der Waals surface area contributed by atoms with E-state index in [9.17, 15) is 4.79 Å². The molecule has 4 nitrogen and oxygen atoms in total. The number of rotatable bonds is 5. The van der Waals surface area contributed by atoms with Crippen LogP contribution in [-0.4, -0.2) is 38.8 Å². The van der Waals surface area contributed by atoms with E-state index < -0.39 is 0 Å². The zero-order valence-electron chi connectivity index (χ0n) is 10.6. The number of methoxy groups -OCH3 is 1. The predicted octanol–water partition coefficient (Wildman–Crippen LogP) is 0.917. The van der Waals surface area contributed by atoms with Crippen molar-refractivity contribution in [2.24, 2.45) is 5.41 Å². The molecule has 0 saturated carbocycles. The summed E-state index contributed by atoms with van der Waals surface area (Å²) in [5.74, 6) is 0.115. The van der Waals surface area contributed by atoms with Gasteiger partial charge in [0, 0.05) is 19.7 Å². The first-order valence-corrected chi connectivity index (χ1v) is 6.09. The van der Waals surface area contributed by atoms with Gasteiger partial charge >= 0.3 is 0 Å². The van der Waals surface area contributed by atoms with E-state index in [4.69, 9.17) is 4.74 Å². The van der Waals surface area contributed by atoms with E-state index in [1.807, 2.05) is 13.8 Å². The van der Waals surface area contributed by atoms with Gasteiger partial charge in [0.15, 0.2) is 0 Å². The lowest BCUT2D eigenvalue weighted by molar-refractivity contribution is -0.131. The van der Waals surface area contributed by atoms with Crippen LogP contribution in [0.25, 0.3) is 0 Å². The summed E-state index contributed by atoms with van der Waals surface area (Å²) in [6.07, 6.45) is 3.52. The highest BCUT2D eigenvalue weighted by molar-refractivity contribution is 5.82. The standard InChI is InChI=1S/C12H24N2O2/c1-12(2,10-6-4-5-7-13-10)11(15)14-8-9-16-3/h10,13H,4-9H2,1-3H3,(H,14,15). The van der Waals surface area contributed by atoms with Gasteiger partial charge in [0.2, 0.25) is 5.91 Å². The number of hydrogen-bond donors (Lipinski definition) is 2. The lowest BCUT2D eigenvalue weighted by Gasteiger charge is -2.36. The summed E-state index contributed by atoms with van der Waals surface area (Å²) in [5, 5.41) is 6.36. The Morgan fingerprint density at radius 2 is 2.25 bits per heavy atom. The Hall–Kier alpha value is -0.610. The highest BCUT2D eigenvalue weighted by Crippen LogP contribution is 2.26. The average Bonchev–Trinajstić information content (AvgIpc) is 2.30. The first-order chi connectivity index (χ1) is 7.59. The van der Waals surface area contributed by atoms with Gasteiger partial charge in [-0.1, -0.05) is 6.42 Å². The molecule has 16 heavy (non-hydrogen) atoms. The van der Waals surface area contributed by atoms with Gasteiger partial charge in [-0.05, 0) is 33.2 Å². The monoisotopic (exact) mass is 228 g/mol. The lowest BCUT2D eigenvalue weighted by Crippen LogP contribution is -2.53. The van der Waals surface area contributed by atoms with Gasteiger partial charge in [0.05, 0.1) is 12.0 Å². The molecule has 1 heterocycles. The summed E-state index contributed by atoms with van der Waals surface area (Å²) in [5.41, 5.74) is -0.339. The van der Waals surface area contributed by atoms with Crippen molar-refractivity contribution < 1.29 is 9.53 Å². The van der Waals surface area contributed by atoms with Crippen LogP contribution in [0.2, 0.25) is 0 Å². The molecule has 1 amide bonds. The molecule has 0 aromatic rings. The second-order valence-electron chi connectivity index (χ2n) is 4.97. The Kier molecular flexibility index (Phi) is 5.22. The van der Waals surface area contributed by atoms with Gasteiger partial charge in [0.25, 0.3) is 0 Å². The molecule has 0 aliphatic carbocycles. The third kappa shape index (κ3) is 3.46. The van der Waals surface area contributed by atoms with Crippen molar-refractivity contribution in [1.29, 1.82) is 0 Å². The molecule has 0 aromatic heterocycles. The van der Waals surface area contributed by atoms with E-state index in [0.29, 0.717) is 19.2 Å². The van der Waals surface area contributed by atoms with Crippen molar-refractivity contribution in [2.75, 3.05) is 26.8 Å². The Morgan fingerprint density at radius 3 is 2.81 bits per heavy atom. The molecule has 2 N–H and O–H groups in total. The highest BCUT2D eigenvalue weighted by Gasteiger charge is 2.36. The molecule has 1 fully saturated rings. The predicted molar refractivity (Wildman–Crippen MR) is 64.3 cm³/mol. The number of carbonyl (C=O) groups is 1. The fourth-order valence-electron chi connectivity index (χ4n) is 2.12. The number of piperidine rings is 1. The van der Waals surface area contributed by atoms with Crippen molar-refractivity contribution in [3.63, 3.8) is 0 Å². The van der Waals surface area contributed by atoms with Crippen molar-refractivity contribution in [3.8, 4) is 0 Å². The molecule has 94 valence electrons. The van der Waals surface area contributed by atoms with E-state index in [2.05, 4.69) is 10.6 Å². The van der Waals surface area contributed by atoms with Crippen LogP contribution in [0.1, 0.15) is 33.1 Å². The zero-order valence-corrected chi connectivity index (χ0v) is 10.6. The maximum absolute atomic E-state index is 12.0. The first kappa shape index (κ1) is 13.5. The quantitative estimate of drug-likeness (QED) is 0.688. The fraction of sp³-hybridized carbons (Fsp3) is 0.917. The van der Waals surface area contributed by atoms with E-state index in [1.165, 1.54) is 12.8 Å². The number of ether oxygens (including phenoxy) is 1. The molecule has 1 unspecified atom stereocenters. The molecule has 4 heteroatoms. The summed E-state index contributed by atoms with van der Waals surface area (Å²) in [6, 6.07) is 0.295. The average molecular weight is 228 g/mol. The number of hydrogen-bond acceptors (Lipinski definition) is 3. The van der Waals surface area contributed by atoms with Gasteiger partial charge in [-0.3, -0.25) is 4.79 Å². The fourth-order valence-corrected chi connectivity index (χ4v) is 2.12. The Labute approximate surface area is 98.1 Å². The summed E-state index contributed by atoms with van der Waals surface area (Å²) < 4.78 is 4.92. The van der Waals surface area contributed by atoms with Crippen molar-refractivity contribution in [2.45, 2.75) is 39.2 Å². The normalized spacial score (nSPS) is 21.8. The minimum Gasteiger partial charge on any atom is -0.383 e. The number of amides is 1. The van der Waals surface area contributed by atoms with Crippen LogP contribution in [-0.2, 0) is 9.53 Å². The molecule has 0 aromatic carbocycles. The second-order valence-corrected chi connectivity index (χ2v) is 4.97. The molecule has 0 spiro atoms. The van der Waals surface area contributed by atoms with Gasteiger partial charge < -0.3 is 15.4 Å². The minimum atomic E-state index is -0.339. The van der Waals surface area contributed by atoms with Gasteiger partial charge in [0.1, 0.15) is 0 Å². The molecular weight excluding hydrogens is 204 g/mol. The Bertz CT molecular complexity index is 223. The summed E-state index contributed by atoms with van der Waals surface area (Å²) in [6.45, 7) is 6.21. The summed E-state index contributed by atoms with van der Waals surface area (Å²) in [7, 11) is 1.64. The molecule has 1 aliphatic rings. The first-order valence-electron chi connectivity index (χ1n) is 6.09. The molecule has 1 rings (SSSR count). The molecule has 0 radical (unpaired) electrons. The van der Waals surface area contributed by atoms with Crippen molar-refractivity contribution in [3.05, 3.63) is 0 Å². The van der Waals surface area contributed by atoms with Gasteiger partial charge in [-0.2, -0.15) is 0 Å². The van der Waals surface area contributed by atoms with E-state index in [-0.39, 0.29) is 11.3 Å². The van der Waals surface area contributed by atoms with Crippen LogP contribution in [0.15, 0.2) is 0 Å². The molecule has 1 aliphatic heterocycles. The third-order valence-electron chi connectivity index (χ3n) is 3.36. The summed E-state index contributed by atoms with van der Waals surface area (Å²) in [4.78, 5) is 12.0. The van der Waals surface area contributed by atoms with Crippen molar-refractivity contribution in [1.82, 2.24) is 10.6 Å². The minimum absolute atomic E-state index is 0.115. The lowest BCUT2D eigenvalue weighted by atomic mass is 9.79. The largest absolute Gasteiger partial charge is 0.383 e. The highest BCUT2D eigenvalue weighted by atomic mass is 16.5. The van der Waals surface area contributed by atoms with Gasteiger partial charge in [-0.25, -0.2) is 0 Å². The smallest absolute Gasteiger partial charge is 0.227 e. The molecule has 1 saturated heterocycles. The SMILES string of the molecule is COCCNC(=O)C(C)(C)C1CCCCN1. The maximum Gasteiger partial charge on any atom is 0.227 e. The van der Waals surface area contributed by atoms with Gasteiger partial charge in [-0.15, -0.1) is 0 Å². The summed E-state index contributed by atoms with van der Waals surface area (Å²) >= 11 is 0. The van der Waals surface area contributed by atoms with Crippen molar-refractivity contribution >= 4 is 5.91 Å². The number of carbonyl (C=O) groups excluding carboxylic acids is 1. The maximum atomic E-state index is 12.0. The second kappa shape index (κ2) is 6.21. The van der Waals surface area contributed by atoms with Crippen LogP contribution >= 0.6 is 0 Å². The Morgan fingerprint density at radius 1 is 1.50 bits per heavy atom. The van der Waals surface area contributed by atoms with E-state index in [0.717, 1.165) is 13.0 Å². The molecule has 0 bridgehead atoms. The topological polar surface area (TPSA) is 50.4 Å². The van der Waals surface area contributed by atoms with Crippen LogP contribution in [0.3, 0.4) is 0 Å². The third-order valence-corrected chi connectivity index (χ3v) is 3.36. The Balaban J connectivity index is 2.43. The van der Waals surface area contributed by atoms with Crippen LogP contribution < -0.4 is 10.6 Å². The number of nitrogens with one attached hydrogen (secondary N) is 2. The van der Waals surface area contributed by atoms with E-state index >= 15 is 0 Å². The van der Waals surface area contributed by atoms with Crippen LogP contribution in [0, 0.1) is 5.41 Å². The van der Waals surface area contributed by atoms with E-state index in [1.54, 1.807) is 7.11 Å².